The number of hydrogen-bond acceptors (Lipinski definition) is 3. The third kappa shape index (κ3) is 1.86. The van der Waals surface area contributed by atoms with Crippen molar-refractivity contribution in [1.82, 2.24) is 5.43 Å². The predicted molar refractivity (Wildman–Crippen MR) is 49.4 cm³/mol. The van der Waals surface area contributed by atoms with Gasteiger partial charge in [0.05, 0.1) is 6.10 Å². The second-order valence-electron chi connectivity index (χ2n) is 3.52. The molecule has 3 nitrogen and oxygen atoms in total. The van der Waals surface area contributed by atoms with E-state index in [4.69, 9.17) is 10.6 Å². The largest absolute Gasteiger partial charge is 0.378 e. The Morgan fingerprint density at radius 3 is 2.75 bits per heavy atom. The van der Waals surface area contributed by atoms with Crippen molar-refractivity contribution >= 4 is 0 Å². The summed E-state index contributed by atoms with van der Waals surface area (Å²) in [5.74, 6) is 5.93. The summed E-state index contributed by atoms with van der Waals surface area (Å²) in [6.45, 7) is 8.84. The highest BCUT2D eigenvalue weighted by Gasteiger charge is 2.31. The molecule has 0 amide bonds. The summed E-state index contributed by atoms with van der Waals surface area (Å²) < 4.78 is 5.46. The van der Waals surface area contributed by atoms with Gasteiger partial charge in [-0.1, -0.05) is 12.2 Å². The fourth-order valence-electron chi connectivity index (χ4n) is 1.82. The fraction of sp³-hybridized carbons (Fsp3) is 0.778. The molecule has 1 saturated heterocycles. The average molecular weight is 170 g/mol. The SMILES string of the molecule is C=C(C)C(NN)C1CCOC1C. The van der Waals surface area contributed by atoms with Crippen molar-refractivity contribution in [3.8, 4) is 0 Å². The predicted octanol–water partition coefficient (Wildman–Crippen LogP) is 0.819. The van der Waals surface area contributed by atoms with Gasteiger partial charge in [-0.05, 0) is 20.3 Å². The molecule has 0 aromatic carbocycles. The molecule has 1 aliphatic rings. The first-order valence-corrected chi connectivity index (χ1v) is 4.40. The lowest BCUT2D eigenvalue weighted by Crippen LogP contribution is -2.43. The Kier molecular flexibility index (Phi) is 3.26. The molecule has 3 atom stereocenters. The lowest BCUT2D eigenvalue weighted by Gasteiger charge is -2.25. The number of ether oxygens (including phenoxy) is 1. The van der Waals surface area contributed by atoms with Crippen molar-refractivity contribution in [2.45, 2.75) is 32.4 Å². The van der Waals surface area contributed by atoms with E-state index in [1.165, 1.54) is 0 Å². The molecule has 0 radical (unpaired) electrons. The quantitative estimate of drug-likeness (QED) is 0.374. The number of rotatable bonds is 3. The van der Waals surface area contributed by atoms with Crippen LogP contribution in [-0.4, -0.2) is 18.8 Å². The van der Waals surface area contributed by atoms with E-state index in [2.05, 4.69) is 18.9 Å². The van der Waals surface area contributed by atoms with Gasteiger partial charge in [0.25, 0.3) is 0 Å². The Morgan fingerprint density at radius 1 is 1.75 bits per heavy atom. The Bertz CT molecular complexity index is 170. The molecule has 3 N–H and O–H groups in total. The number of nitrogens with two attached hydrogens (primary N) is 1. The minimum Gasteiger partial charge on any atom is -0.378 e. The van der Waals surface area contributed by atoms with Gasteiger partial charge in [0, 0.05) is 18.6 Å². The normalized spacial score (nSPS) is 31.9. The van der Waals surface area contributed by atoms with Crippen molar-refractivity contribution in [1.29, 1.82) is 0 Å². The van der Waals surface area contributed by atoms with E-state index < -0.39 is 0 Å². The maximum absolute atomic E-state index is 5.46. The molecular formula is C9H18N2O. The van der Waals surface area contributed by atoms with Crippen LogP contribution in [0, 0.1) is 5.92 Å². The maximum Gasteiger partial charge on any atom is 0.0594 e. The van der Waals surface area contributed by atoms with Crippen LogP contribution in [0.3, 0.4) is 0 Å². The van der Waals surface area contributed by atoms with Gasteiger partial charge in [0.1, 0.15) is 0 Å². The topological polar surface area (TPSA) is 47.3 Å². The Hall–Kier alpha value is -0.380. The minimum absolute atomic E-state index is 0.197. The summed E-state index contributed by atoms with van der Waals surface area (Å²) in [6.07, 6.45) is 1.37. The smallest absolute Gasteiger partial charge is 0.0594 e. The Labute approximate surface area is 73.9 Å². The molecule has 0 spiro atoms. The van der Waals surface area contributed by atoms with Gasteiger partial charge in [-0.25, -0.2) is 0 Å². The van der Waals surface area contributed by atoms with Gasteiger partial charge in [-0.15, -0.1) is 0 Å². The second kappa shape index (κ2) is 4.03. The molecule has 3 heteroatoms. The Morgan fingerprint density at radius 2 is 2.42 bits per heavy atom. The van der Waals surface area contributed by atoms with E-state index in [9.17, 15) is 0 Å². The third-order valence-electron chi connectivity index (χ3n) is 2.57. The fourth-order valence-corrected chi connectivity index (χ4v) is 1.82. The molecule has 1 rings (SSSR count). The monoisotopic (exact) mass is 170 g/mol. The van der Waals surface area contributed by atoms with Crippen molar-refractivity contribution in [3.05, 3.63) is 12.2 Å². The van der Waals surface area contributed by atoms with Crippen LogP contribution >= 0.6 is 0 Å². The average Bonchev–Trinajstić information content (AvgIpc) is 2.38. The molecule has 1 aliphatic heterocycles. The van der Waals surface area contributed by atoms with Crippen LogP contribution in [0.4, 0.5) is 0 Å². The van der Waals surface area contributed by atoms with Gasteiger partial charge in [-0.2, -0.15) is 0 Å². The lowest BCUT2D eigenvalue weighted by atomic mass is 9.90. The summed E-state index contributed by atoms with van der Waals surface area (Å²) in [5, 5.41) is 0. The van der Waals surface area contributed by atoms with Crippen LogP contribution < -0.4 is 11.3 Å². The molecule has 0 bridgehead atoms. The number of nitrogens with one attached hydrogen (secondary N) is 1. The number of hydrazine groups is 1. The summed E-state index contributed by atoms with van der Waals surface area (Å²) in [5.41, 5.74) is 3.88. The molecule has 0 aromatic heterocycles. The zero-order chi connectivity index (χ0) is 9.14. The van der Waals surface area contributed by atoms with Crippen LogP contribution in [0.2, 0.25) is 0 Å². The van der Waals surface area contributed by atoms with Gasteiger partial charge >= 0.3 is 0 Å². The van der Waals surface area contributed by atoms with E-state index in [0.717, 1.165) is 18.6 Å². The van der Waals surface area contributed by atoms with E-state index in [1.54, 1.807) is 0 Å². The van der Waals surface area contributed by atoms with E-state index >= 15 is 0 Å². The van der Waals surface area contributed by atoms with Gasteiger partial charge in [0.2, 0.25) is 0 Å². The Balaban J connectivity index is 2.58. The van der Waals surface area contributed by atoms with Crippen molar-refractivity contribution in [2.24, 2.45) is 11.8 Å². The van der Waals surface area contributed by atoms with Crippen molar-refractivity contribution in [3.63, 3.8) is 0 Å². The summed E-state index contributed by atoms with van der Waals surface area (Å²) >= 11 is 0. The number of hydrogen-bond donors (Lipinski definition) is 2. The van der Waals surface area contributed by atoms with Crippen LogP contribution in [0.5, 0.6) is 0 Å². The molecule has 70 valence electrons. The minimum atomic E-state index is 0.197. The summed E-state index contributed by atoms with van der Waals surface area (Å²) in [7, 11) is 0. The van der Waals surface area contributed by atoms with Crippen LogP contribution in [0.1, 0.15) is 20.3 Å². The van der Waals surface area contributed by atoms with Crippen LogP contribution in [-0.2, 0) is 4.74 Å². The summed E-state index contributed by atoms with van der Waals surface area (Å²) in [6, 6.07) is 0.197. The first-order chi connectivity index (χ1) is 5.66. The molecule has 1 fully saturated rings. The second-order valence-corrected chi connectivity index (χ2v) is 3.52. The van der Waals surface area contributed by atoms with E-state index in [0.29, 0.717) is 12.0 Å². The summed E-state index contributed by atoms with van der Waals surface area (Å²) in [4.78, 5) is 0. The molecule has 0 aliphatic carbocycles. The lowest BCUT2D eigenvalue weighted by molar-refractivity contribution is 0.0989. The van der Waals surface area contributed by atoms with Gasteiger partial charge in [0.15, 0.2) is 0 Å². The maximum atomic E-state index is 5.46. The standard InChI is InChI=1S/C9H18N2O/c1-6(2)9(11-10)8-4-5-12-7(8)3/h7-9,11H,1,4-5,10H2,2-3H3. The third-order valence-corrected chi connectivity index (χ3v) is 2.57. The molecule has 3 unspecified atom stereocenters. The highest BCUT2D eigenvalue weighted by molar-refractivity contribution is 5.05. The van der Waals surface area contributed by atoms with E-state index in [1.807, 2.05) is 6.92 Å². The van der Waals surface area contributed by atoms with Gasteiger partial charge < -0.3 is 4.74 Å². The highest BCUT2D eigenvalue weighted by atomic mass is 16.5. The molecule has 1 heterocycles. The highest BCUT2D eigenvalue weighted by Crippen LogP contribution is 2.26. The van der Waals surface area contributed by atoms with Gasteiger partial charge in [-0.3, -0.25) is 11.3 Å². The first-order valence-electron chi connectivity index (χ1n) is 4.40. The van der Waals surface area contributed by atoms with Crippen molar-refractivity contribution in [2.75, 3.05) is 6.61 Å². The van der Waals surface area contributed by atoms with Crippen LogP contribution in [0.15, 0.2) is 12.2 Å². The zero-order valence-corrected chi connectivity index (χ0v) is 7.84. The molecule has 0 aromatic rings. The molecular weight excluding hydrogens is 152 g/mol. The van der Waals surface area contributed by atoms with Crippen molar-refractivity contribution < 1.29 is 4.74 Å². The van der Waals surface area contributed by atoms with Crippen LogP contribution in [0.25, 0.3) is 0 Å². The first kappa shape index (κ1) is 9.71. The van der Waals surface area contributed by atoms with E-state index in [-0.39, 0.29) is 6.04 Å². The zero-order valence-electron chi connectivity index (χ0n) is 7.84. The molecule has 0 saturated carbocycles. The molecule has 12 heavy (non-hydrogen) atoms.